The summed E-state index contributed by atoms with van der Waals surface area (Å²) in [5.74, 6) is 1.06. The summed E-state index contributed by atoms with van der Waals surface area (Å²) in [5, 5.41) is 20.0. The van der Waals surface area contributed by atoms with Crippen molar-refractivity contribution in [1.29, 1.82) is 0 Å². The Kier molecular flexibility index (Phi) is 5.07. The molecule has 36 heavy (non-hydrogen) atoms. The average molecular weight is 481 g/mol. The zero-order chi connectivity index (χ0) is 25.1. The van der Waals surface area contributed by atoms with Crippen LogP contribution in [-0.4, -0.2) is 35.3 Å². The van der Waals surface area contributed by atoms with Crippen LogP contribution < -0.4 is 5.32 Å². The normalized spacial score (nSPS) is 13.9. The fourth-order valence-corrected chi connectivity index (χ4v) is 5.76. The summed E-state index contributed by atoms with van der Waals surface area (Å²) in [6.45, 7) is 6.75. The molecule has 8 nitrogen and oxygen atoms in total. The molecule has 182 valence electrons. The van der Waals surface area contributed by atoms with Crippen molar-refractivity contribution in [2.75, 3.05) is 0 Å². The summed E-state index contributed by atoms with van der Waals surface area (Å²) in [5.41, 5.74) is 8.52. The molecule has 1 aliphatic carbocycles. The highest BCUT2D eigenvalue weighted by Gasteiger charge is 2.35. The van der Waals surface area contributed by atoms with Gasteiger partial charge < -0.3 is 15.0 Å². The van der Waals surface area contributed by atoms with Crippen molar-refractivity contribution in [2.45, 2.75) is 46.2 Å². The summed E-state index contributed by atoms with van der Waals surface area (Å²) in [6.07, 6.45) is 7.21. The van der Waals surface area contributed by atoms with E-state index in [4.69, 9.17) is 0 Å². The van der Waals surface area contributed by atoms with Crippen LogP contribution in [0.4, 0.5) is 0 Å². The van der Waals surface area contributed by atoms with E-state index < -0.39 is 0 Å². The Morgan fingerprint density at radius 3 is 2.56 bits per heavy atom. The van der Waals surface area contributed by atoms with Gasteiger partial charge in [-0.15, -0.1) is 0 Å². The second-order valence-corrected chi connectivity index (χ2v) is 9.74. The predicted molar refractivity (Wildman–Crippen MR) is 139 cm³/mol. The summed E-state index contributed by atoms with van der Waals surface area (Å²) in [4.78, 5) is 20.7. The molecule has 1 amide bonds. The largest absolute Gasteiger partial charge is 0.508 e. The molecule has 0 radical (unpaired) electrons. The standard InChI is InChI=1S/C23H22N4O2.C5H6N2/c1-11(2)27-18-7-4-12(28)8-14(18)20-15-9-24-23(29)21(15)19-13(22(20)27)5-6-17-16(19)10-26(3)25-17;1-5-6-3-2-4-7-5/h4,7-8,10-11,28H,5-6,9H2,1-3H3,(H,24,29);2-4H,1H3. The van der Waals surface area contributed by atoms with Gasteiger partial charge in [0.2, 0.25) is 0 Å². The molecule has 0 saturated heterocycles. The molecule has 0 bridgehead atoms. The molecule has 1 aliphatic heterocycles. The van der Waals surface area contributed by atoms with Gasteiger partial charge in [0.25, 0.3) is 5.91 Å². The molecule has 0 spiro atoms. The lowest BCUT2D eigenvalue weighted by molar-refractivity contribution is 0.0966. The first-order valence-corrected chi connectivity index (χ1v) is 12.2. The van der Waals surface area contributed by atoms with Gasteiger partial charge in [0.05, 0.1) is 16.8 Å². The Labute approximate surface area is 208 Å². The Balaban J connectivity index is 0.000000299. The lowest BCUT2D eigenvalue weighted by atomic mass is 9.82. The minimum atomic E-state index is -0.0135. The van der Waals surface area contributed by atoms with Crippen LogP contribution in [0.1, 0.15) is 52.9 Å². The van der Waals surface area contributed by atoms with E-state index in [1.165, 1.54) is 11.1 Å². The van der Waals surface area contributed by atoms with Crippen molar-refractivity contribution in [3.05, 3.63) is 71.1 Å². The van der Waals surface area contributed by atoms with Gasteiger partial charge in [-0.2, -0.15) is 5.10 Å². The molecule has 8 heteroatoms. The van der Waals surface area contributed by atoms with E-state index in [2.05, 4.69) is 38.8 Å². The molecular formula is C28H28N6O2. The fourth-order valence-electron chi connectivity index (χ4n) is 5.76. The number of carbonyl (C=O) groups excluding carboxylic acids is 1. The number of benzene rings is 2. The number of aromatic nitrogens is 5. The van der Waals surface area contributed by atoms with Crippen LogP contribution >= 0.6 is 0 Å². The number of hydrogen-bond acceptors (Lipinski definition) is 5. The highest BCUT2D eigenvalue weighted by Crippen LogP contribution is 2.47. The third-order valence-electron chi connectivity index (χ3n) is 7.08. The minimum absolute atomic E-state index is 0.0135. The van der Waals surface area contributed by atoms with Gasteiger partial charge in [-0.05, 0) is 69.0 Å². The highest BCUT2D eigenvalue weighted by atomic mass is 16.3. The third kappa shape index (κ3) is 3.28. The predicted octanol–water partition coefficient (Wildman–Crippen LogP) is 4.61. The van der Waals surface area contributed by atoms with Gasteiger partial charge in [0.15, 0.2) is 0 Å². The maximum absolute atomic E-state index is 12.9. The summed E-state index contributed by atoms with van der Waals surface area (Å²) < 4.78 is 4.21. The van der Waals surface area contributed by atoms with Gasteiger partial charge in [-0.1, -0.05) is 0 Å². The van der Waals surface area contributed by atoms with E-state index in [1.807, 2.05) is 37.0 Å². The van der Waals surface area contributed by atoms with Crippen LogP contribution in [-0.2, 0) is 26.4 Å². The first-order chi connectivity index (χ1) is 17.3. The quantitative estimate of drug-likeness (QED) is 0.365. The van der Waals surface area contributed by atoms with Crippen molar-refractivity contribution < 1.29 is 9.90 Å². The molecule has 0 atom stereocenters. The van der Waals surface area contributed by atoms with E-state index in [1.54, 1.807) is 24.5 Å². The van der Waals surface area contributed by atoms with Crippen LogP contribution in [0, 0.1) is 6.92 Å². The highest BCUT2D eigenvalue weighted by molar-refractivity contribution is 6.19. The maximum atomic E-state index is 12.9. The summed E-state index contributed by atoms with van der Waals surface area (Å²) in [6, 6.07) is 7.63. The second kappa shape index (κ2) is 8.19. The number of fused-ring (bicyclic) bond motifs is 10. The number of nitrogens with zero attached hydrogens (tertiary/aromatic N) is 5. The van der Waals surface area contributed by atoms with Gasteiger partial charge in [0, 0.05) is 65.6 Å². The van der Waals surface area contributed by atoms with E-state index in [0.29, 0.717) is 6.54 Å². The van der Waals surface area contributed by atoms with Crippen molar-refractivity contribution >= 4 is 27.7 Å². The Bertz CT molecular complexity index is 1660. The lowest BCUT2D eigenvalue weighted by Gasteiger charge is -2.22. The van der Waals surface area contributed by atoms with Crippen molar-refractivity contribution in [1.82, 2.24) is 29.6 Å². The molecule has 5 aromatic rings. The Hall–Kier alpha value is -4.20. The maximum Gasteiger partial charge on any atom is 0.252 e. The third-order valence-corrected chi connectivity index (χ3v) is 7.08. The number of rotatable bonds is 1. The topological polar surface area (TPSA) is 97.9 Å². The van der Waals surface area contributed by atoms with E-state index in [9.17, 15) is 9.90 Å². The summed E-state index contributed by atoms with van der Waals surface area (Å²) >= 11 is 0. The molecule has 7 rings (SSSR count). The number of nitrogens with one attached hydrogen (secondary N) is 1. The number of aromatic hydroxyl groups is 1. The summed E-state index contributed by atoms with van der Waals surface area (Å²) in [7, 11) is 1.94. The van der Waals surface area contributed by atoms with E-state index in [-0.39, 0.29) is 17.7 Å². The molecule has 0 saturated carbocycles. The van der Waals surface area contributed by atoms with Crippen molar-refractivity contribution in [3.63, 3.8) is 0 Å². The number of hydrogen-bond donors (Lipinski definition) is 2. The van der Waals surface area contributed by atoms with Crippen LogP contribution in [0.15, 0.2) is 42.9 Å². The van der Waals surface area contributed by atoms with Crippen LogP contribution in [0.5, 0.6) is 5.75 Å². The second-order valence-electron chi connectivity index (χ2n) is 9.74. The smallest absolute Gasteiger partial charge is 0.252 e. The molecular weight excluding hydrogens is 452 g/mol. The average Bonchev–Trinajstić information content (AvgIpc) is 3.52. The first kappa shape index (κ1) is 22.3. The van der Waals surface area contributed by atoms with Gasteiger partial charge in [-0.3, -0.25) is 9.48 Å². The van der Waals surface area contributed by atoms with Crippen LogP contribution in [0.25, 0.3) is 32.9 Å². The van der Waals surface area contributed by atoms with Gasteiger partial charge in [0.1, 0.15) is 11.6 Å². The molecule has 0 fully saturated rings. The van der Waals surface area contributed by atoms with Crippen LogP contribution in [0.3, 0.4) is 0 Å². The molecule has 4 heterocycles. The molecule has 0 unspecified atom stereocenters. The van der Waals surface area contributed by atoms with Gasteiger partial charge in [-0.25, -0.2) is 9.97 Å². The first-order valence-electron chi connectivity index (χ1n) is 12.2. The molecule has 2 aliphatic rings. The molecule has 2 aromatic carbocycles. The zero-order valence-electron chi connectivity index (χ0n) is 20.8. The van der Waals surface area contributed by atoms with Crippen molar-refractivity contribution in [3.8, 4) is 16.9 Å². The lowest BCUT2D eigenvalue weighted by Crippen LogP contribution is -2.15. The Morgan fingerprint density at radius 2 is 1.86 bits per heavy atom. The number of phenols is 1. The number of aryl methyl sites for hydroxylation is 4. The Morgan fingerprint density at radius 1 is 1.08 bits per heavy atom. The number of carbonyl (C=O) groups is 1. The number of amides is 1. The monoisotopic (exact) mass is 480 g/mol. The molecule has 3 aromatic heterocycles. The van der Waals surface area contributed by atoms with E-state index in [0.717, 1.165) is 62.9 Å². The van der Waals surface area contributed by atoms with E-state index >= 15 is 0 Å². The van der Waals surface area contributed by atoms with Crippen LogP contribution in [0.2, 0.25) is 0 Å². The van der Waals surface area contributed by atoms with Crippen molar-refractivity contribution in [2.24, 2.45) is 7.05 Å². The zero-order valence-corrected chi connectivity index (χ0v) is 20.8. The minimum Gasteiger partial charge on any atom is -0.508 e. The van der Waals surface area contributed by atoms with Gasteiger partial charge >= 0.3 is 0 Å². The number of phenolic OH excluding ortho intramolecular Hbond substituents is 1. The fraction of sp³-hybridized carbons (Fsp3) is 0.286. The molecule has 2 N–H and O–H groups in total. The SMILES string of the molecule is CC(C)n1c2ccc(O)cc2c2c3c(c4c(c21)CCc1nn(C)cc1-4)C(=O)NC3.Cc1ncccn1.